The van der Waals surface area contributed by atoms with Gasteiger partial charge in [0, 0.05) is 31.1 Å². The Labute approximate surface area is 123 Å². The summed E-state index contributed by atoms with van der Waals surface area (Å²) in [6.07, 6.45) is 3.31. The van der Waals surface area contributed by atoms with E-state index in [4.69, 9.17) is 11.6 Å². The van der Waals surface area contributed by atoms with Gasteiger partial charge in [-0.1, -0.05) is 11.6 Å². The zero-order valence-electron chi connectivity index (χ0n) is 11.1. The van der Waals surface area contributed by atoms with Gasteiger partial charge in [0.25, 0.3) is 0 Å². The standard InChI is InChI=1S/C15H17ClN2O2/c16-12-7-10(9-19)1-3-14(12)18-6-5-13-11(8-18)2-4-15(20)17-13/h1,3,7,9,11,13H,2,4-6,8H2,(H,17,20). The van der Waals surface area contributed by atoms with Crippen LogP contribution in [0.15, 0.2) is 18.2 Å². The van der Waals surface area contributed by atoms with Gasteiger partial charge in [0.2, 0.25) is 5.91 Å². The van der Waals surface area contributed by atoms with Crippen LogP contribution < -0.4 is 10.2 Å². The smallest absolute Gasteiger partial charge is 0.220 e. The molecule has 1 aromatic carbocycles. The Morgan fingerprint density at radius 2 is 2.20 bits per heavy atom. The summed E-state index contributed by atoms with van der Waals surface area (Å²) in [6, 6.07) is 5.72. The van der Waals surface area contributed by atoms with Crippen LogP contribution in [0.25, 0.3) is 0 Å². The number of rotatable bonds is 2. The fourth-order valence-corrected chi connectivity index (χ4v) is 3.49. The van der Waals surface area contributed by atoms with Gasteiger partial charge in [-0.25, -0.2) is 0 Å². The van der Waals surface area contributed by atoms with E-state index in [0.29, 0.717) is 29.0 Å². The molecule has 4 nitrogen and oxygen atoms in total. The largest absolute Gasteiger partial charge is 0.370 e. The molecule has 2 aliphatic rings. The number of benzene rings is 1. The zero-order chi connectivity index (χ0) is 14.1. The second-order valence-corrected chi connectivity index (χ2v) is 5.94. The van der Waals surface area contributed by atoms with Gasteiger partial charge in [-0.15, -0.1) is 0 Å². The van der Waals surface area contributed by atoms with Crippen LogP contribution in [0.1, 0.15) is 29.6 Å². The van der Waals surface area contributed by atoms with E-state index >= 15 is 0 Å². The summed E-state index contributed by atoms with van der Waals surface area (Å²) >= 11 is 6.27. The average Bonchev–Trinajstić information content (AvgIpc) is 2.46. The molecule has 0 bridgehead atoms. The number of nitrogens with one attached hydrogen (secondary N) is 1. The number of amides is 1. The van der Waals surface area contributed by atoms with Crippen LogP contribution in [0, 0.1) is 5.92 Å². The van der Waals surface area contributed by atoms with E-state index in [2.05, 4.69) is 10.2 Å². The molecule has 2 heterocycles. The number of piperidine rings is 2. The summed E-state index contributed by atoms with van der Waals surface area (Å²) in [6.45, 7) is 1.78. The maximum Gasteiger partial charge on any atom is 0.220 e. The van der Waals surface area contributed by atoms with Crippen LogP contribution in [0.2, 0.25) is 5.02 Å². The number of nitrogens with zero attached hydrogens (tertiary/aromatic N) is 1. The van der Waals surface area contributed by atoms with Gasteiger partial charge in [0.05, 0.1) is 10.7 Å². The second kappa shape index (κ2) is 5.44. The Morgan fingerprint density at radius 3 is 2.95 bits per heavy atom. The molecule has 0 aromatic heterocycles. The van der Waals surface area contributed by atoms with Gasteiger partial charge in [-0.05, 0) is 37.0 Å². The molecule has 0 aliphatic carbocycles. The van der Waals surface area contributed by atoms with Crippen molar-refractivity contribution in [2.75, 3.05) is 18.0 Å². The van der Waals surface area contributed by atoms with Crippen LogP contribution in [0.4, 0.5) is 5.69 Å². The summed E-state index contributed by atoms with van der Waals surface area (Å²) in [7, 11) is 0. The lowest BCUT2D eigenvalue weighted by Crippen LogP contribution is -2.54. The third-order valence-electron chi connectivity index (χ3n) is 4.27. The Kier molecular flexibility index (Phi) is 3.66. The van der Waals surface area contributed by atoms with E-state index in [1.807, 2.05) is 6.07 Å². The van der Waals surface area contributed by atoms with E-state index in [1.54, 1.807) is 12.1 Å². The molecule has 1 amide bonds. The maximum absolute atomic E-state index is 11.4. The Hall–Kier alpha value is -1.55. The SMILES string of the molecule is O=Cc1ccc(N2CCC3NC(=O)CCC3C2)c(Cl)c1. The quantitative estimate of drug-likeness (QED) is 0.851. The first-order valence-electron chi connectivity index (χ1n) is 6.96. The molecule has 2 atom stereocenters. The molecule has 2 aliphatic heterocycles. The first kappa shape index (κ1) is 13.4. The molecule has 1 aromatic rings. The van der Waals surface area contributed by atoms with Crippen molar-refractivity contribution in [3.05, 3.63) is 28.8 Å². The van der Waals surface area contributed by atoms with Gasteiger partial charge < -0.3 is 10.2 Å². The van der Waals surface area contributed by atoms with E-state index in [1.165, 1.54) is 0 Å². The van der Waals surface area contributed by atoms with Crippen LogP contribution >= 0.6 is 11.6 Å². The molecule has 0 saturated carbocycles. The highest BCUT2D eigenvalue weighted by atomic mass is 35.5. The van der Waals surface area contributed by atoms with Crippen LogP contribution in [0.5, 0.6) is 0 Å². The fourth-order valence-electron chi connectivity index (χ4n) is 3.18. The van der Waals surface area contributed by atoms with Crippen molar-refractivity contribution in [1.82, 2.24) is 5.32 Å². The minimum absolute atomic E-state index is 0.174. The third kappa shape index (κ3) is 2.52. The summed E-state index contributed by atoms with van der Waals surface area (Å²) in [4.78, 5) is 24.4. The number of fused-ring (bicyclic) bond motifs is 1. The molecule has 20 heavy (non-hydrogen) atoms. The number of hydrogen-bond donors (Lipinski definition) is 1. The minimum atomic E-state index is 0.174. The predicted octanol–water partition coefficient (Wildman–Crippen LogP) is 2.26. The third-order valence-corrected chi connectivity index (χ3v) is 4.57. The number of halogens is 1. The summed E-state index contributed by atoms with van der Waals surface area (Å²) in [5, 5.41) is 3.70. The number of carbonyl (C=O) groups is 2. The number of aldehydes is 1. The lowest BCUT2D eigenvalue weighted by atomic mass is 9.85. The normalized spacial score (nSPS) is 25.9. The van der Waals surface area contributed by atoms with Crippen LogP contribution in [-0.2, 0) is 4.79 Å². The molecule has 106 valence electrons. The van der Waals surface area contributed by atoms with Crippen molar-refractivity contribution >= 4 is 29.5 Å². The van der Waals surface area contributed by atoms with Crippen LogP contribution in [0.3, 0.4) is 0 Å². The predicted molar refractivity (Wildman–Crippen MR) is 78.3 cm³/mol. The van der Waals surface area contributed by atoms with Gasteiger partial charge in [0.1, 0.15) is 6.29 Å². The van der Waals surface area contributed by atoms with Crippen molar-refractivity contribution in [3.8, 4) is 0 Å². The van der Waals surface area contributed by atoms with Crippen molar-refractivity contribution in [2.45, 2.75) is 25.3 Å². The van der Waals surface area contributed by atoms with Gasteiger partial charge in [-0.2, -0.15) is 0 Å². The first-order valence-corrected chi connectivity index (χ1v) is 7.34. The van der Waals surface area contributed by atoms with Crippen molar-refractivity contribution in [2.24, 2.45) is 5.92 Å². The lowest BCUT2D eigenvalue weighted by molar-refractivity contribution is -0.124. The number of carbonyl (C=O) groups excluding carboxylic acids is 2. The van der Waals surface area contributed by atoms with E-state index < -0.39 is 0 Å². The van der Waals surface area contributed by atoms with E-state index in [0.717, 1.165) is 37.9 Å². The van der Waals surface area contributed by atoms with E-state index in [9.17, 15) is 9.59 Å². The molecule has 2 fully saturated rings. The minimum Gasteiger partial charge on any atom is -0.370 e. The summed E-state index contributed by atoms with van der Waals surface area (Å²) < 4.78 is 0. The highest BCUT2D eigenvalue weighted by molar-refractivity contribution is 6.33. The number of hydrogen-bond acceptors (Lipinski definition) is 3. The zero-order valence-corrected chi connectivity index (χ0v) is 11.9. The van der Waals surface area contributed by atoms with Crippen molar-refractivity contribution in [3.63, 3.8) is 0 Å². The molecule has 5 heteroatoms. The van der Waals surface area contributed by atoms with Gasteiger partial charge >= 0.3 is 0 Å². The Bertz CT molecular complexity index is 547. The van der Waals surface area contributed by atoms with Crippen molar-refractivity contribution in [1.29, 1.82) is 0 Å². The monoisotopic (exact) mass is 292 g/mol. The van der Waals surface area contributed by atoms with Crippen LogP contribution in [-0.4, -0.2) is 31.3 Å². The molecular weight excluding hydrogens is 276 g/mol. The highest BCUT2D eigenvalue weighted by Crippen LogP contribution is 2.32. The molecule has 2 saturated heterocycles. The van der Waals surface area contributed by atoms with Crippen molar-refractivity contribution < 1.29 is 9.59 Å². The first-order chi connectivity index (χ1) is 9.67. The highest BCUT2D eigenvalue weighted by Gasteiger charge is 2.34. The van der Waals surface area contributed by atoms with E-state index in [-0.39, 0.29) is 5.91 Å². The Morgan fingerprint density at radius 1 is 1.35 bits per heavy atom. The molecule has 0 radical (unpaired) electrons. The van der Waals surface area contributed by atoms with Gasteiger partial charge in [0.15, 0.2) is 0 Å². The summed E-state index contributed by atoms with van der Waals surface area (Å²) in [5.74, 6) is 0.663. The fraction of sp³-hybridized carbons (Fsp3) is 0.467. The average molecular weight is 293 g/mol. The lowest BCUT2D eigenvalue weighted by Gasteiger charge is -2.42. The molecule has 2 unspecified atom stereocenters. The van der Waals surface area contributed by atoms with Gasteiger partial charge in [-0.3, -0.25) is 9.59 Å². The molecular formula is C15H17ClN2O2. The molecule has 0 spiro atoms. The summed E-state index contributed by atoms with van der Waals surface area (Å²) in [5.41, 5.74) is 1.58. The topological polar surface area (TPSA) is 49.4 Å². The molecule has 1 N–H and O–H groups in total. The molecule has 3 rings (SSSR count). The number of anilines is 1. The maximum atomic E-state index is 11.4. The second-order valence-electron chi connectivity index (χ2n) is 5.54. The Balaban J connectivity index is 1.76.